The van der Waals surface area contributed by atoms with Crippen LogP contribution in [0.3, 0.4) is 0 Å². The molecule has 0 aromatic carbocycles. The molecule has 1 aromatic heterocycles. The Hall–Kier alpha value is -1.34. The number of carbonyl (C=O) groups excluding carboxylic acids is 1. The zero-order valence-corrected chi connectivity index (χ0v) is 12.1. The largest absolute Gasteiger partial charge is 0.463 e. The van der Waals surface area contributed by atoms with Crippen LogP contribution in [-0.4, -0.2) is 40.1 Å². The first-order chi connectivity index (χ1) is 8.87. The second-order valence-electron chi connectivity index (χ2n) is 4.29. The summed E-state index contributed by atoms with van der Waals surface area (Å²) in [5.74, 6) is -0.186. The highest BCUT2D eigenvalue weighted by Crippen LogP contribution is 2.19. The summed E-state index contributed by atoms with van der Waals surface area (Å²) in [5, 5.41) is 3.09. The molecule has 1 heterocycles. The van der Waals surface area contributed by atoms with Crippen LogP contribution in [0.15, 0.2) is 16.5 Å². The summed E-state index contributed by atoms with van der Waals surface area (Å²) in [6.45, 7) is 2.64. The van der Waals surface area contributed by atoms with Crippen molar-refractivity contribution in [1.82, 2.24) is 5.32 Å². The third-order valence-corrected chi connectivity index (χ3v) is 3.41. The van der Waals surface area contributed by atoms with E-state index in [4.69, 9.17) is 4.42 Å². The molecule has 0 saturated heterocycles. The van der Waals surface area contributed by atoms with Crippen molar-refractivity contribution in [2.75, 3.05) is 25.7 Å². The second kappa shape index (κ2) is 6.72. The first-order valence-corrected chi connectivity index (χ1v) is 8.02. The molecule has 0 spiro atoms. The molecule has 0 aliphatic heterocycles. The number of rotatable bonds is 7. The van der Waals surface area contributed by atoms with Crippen molar-refractivity contribution in [2.45, 2.75) is 19.4 Å². The smallest absolute Gasteiger partial charge is 0.373 e. The van der Waals surface area contributed by atoms with Gasteiger partial charge in [0.1, 0.15) is 15.6 Å². The number of carbonyl (C=O) groups is 1. The number of sulfone groups is 1. The minimum atomic E-state index is -3.16. The predicted molar refractivity (Wildman–Crippen MR) is 70.8 cm³/mol. The molecule has 1 unspecified atom stereocenters. The van der Waals surface area contributed by atoms with Crippen molar-refractivity contribution in [1.29, 1.82) is 0 Å². The Morgan fingerprint density at radius 2 is 2.16 bits per heavy atom. The van der Waals surface area contributed by atoms with Gasteiger partial charge in [0.05, 0.1) is 18.9 Å². The van der Waals surface area contributed by atoms with E-state index in [1.807, 2.05) is 6.92 Å². The van der Waals surface area contributed by atoms with Crippen LogP contribution >= 0.6 is 0 Å². The van der Waals surface area contributed by atoms with Gasteiger partial charge >= 0.3 is 5.97 Å². The monoisotopic (exact) mass is 289 g/mol. The molecule has 0 fully saturated rings. The molecule has 0 bridgehead atoms. The molecule has 0 saturated carbocycles. The first kappa shape index (κ1) is 15.7. The van der Waals surface area contributed by atoms with Gasteiger partial charge in [-0.25, -0.2) is 13.2 Å². The molecule has 1 aromatic rings. The number of hydrogen-bond acceptors (Lipinski definition) is 6. The van der Waals surface area contributed by atoms with Gasteiger partial charge in [-0.3, -0.25) is 0 Å². The van der Waals surface area contributed by atoms with E-state index in [1.54, 1.807) is 6.07 Å². The Kier molecular flexibility index (Phi) is 5.56. The van der Waals surface area contributed by atoms with E-state index in [9.17, 15) is 13.2 Å². The Balaban J connectivity index is 2.90. The SMILES string of the molecule is CCCNC(CS(C)(=O)=O)c1ccc(C(=O)OC)o1. The third kappa shape index (κ3) is 5.04. The lowest BCUT2D eigenvalue weighted by molar-refractivity contribution is 0.0562. The maximum atomic E-state index is 11.4. The molecule has 19 heavy (non-hydrogen) atoms. The van der Waals surface area contributed by atoms with Crippen molar-refractivity contribution in [2.24, 2.45) is 0 Å². The molecule has 1 N–H and O–H groups in total. The molecule has 0 aliphatic carbocycles. The van der Waals surface area contributed by atoms with E-state index < -0.39 is 21.8 Å². The number of nitrogens with one attached hydrogen (secondary N) is 1. The van der Waals surface area contributed by atoms with Crippen LogP contribution in [0, 0.1) is 0 Å². The molecule has 7 heteroatoms. The Morgan fingerprint density at radius 1 is 1.47 bits per heavy atom. The Labute approximate surface area is 113 Å². The van der Waals surface area contributed by atoms with Gasteiger partial charge in [-0.1, -0.05) is 6.92 Å². The number of methoxy groups -OCH3 is 1. The average molecular weight is 289 g/mol. The predicted octanol–water partition coefficient (Wildman–Crippen LogP) is 1.15. The minimum absolute atomic E-state index is 0.0642. The van der Waals surface area contributed by atoms with E-state index in [1.165, 1.54) is 13.2 Å². The summed E-state index contributed by atoms with van der Waals surface area (Å²) in [6.07, 6.45) is 2.03. The van der Waals surface area contributed by atoms with Gasteiger partial charge in [0.25, 0.3) is 0 Å². The van der Waals surface area contributed by atoms with Gasteiger partial charge in [-0.15, -0.1) is 0 Å². The quantitative estimate of drug-likeness (QED) is 0.758. The van der Waals surface area contributed by atoms with Crippen LogP contribution < -0.4 is 5.32 Å². The van der Waals surface area contributed by atoms with Crippen LogP contribution in [0.5, 0.6) is 0 Å². The second-order valence-corrected chi connectivity index (χ2v) is 6.48. The highest BCUT2D eigenvalue weighted by atomic mass is 32.2. The third-order valence-electron chi connectivity index (χ3n) is 2.47. The van der Waals surface area contributed by atoms with Gasteiger partial charge in [0, 0.05) is 6.26 Å². The van der Waals surface area contributed by atoms with Crippen LogP contribution in [-0.2, 0) is 14.6 Å². The summed E-state index contributed by atoms with van der Waals surface area (Å²) >= 11 is 0. The van der Waals surface area contributed by atoms with E-state index in [0.29, 0.717) is 12.3 Å². The van der Waals surface area contributed by atoms with Crippen molar-refractivity contribution in [3.63, 3.8) is 0 Å². The molecule has 108 valence electrons. The van der Waals surface area contributed by atoms with Gasteiger partial charge in [0.15, 0.2) is 0 Å². The maximum absolute atomic E-state index is 11.4. The number of ether oxygens (including phenoxy) is 1. The normalized spacial score (nSPS) is 13.2. The molecule has 1 rings (SSSR count). The lowest BCUT2D eigenvalue weighted by Gasteiger charge is -2.14. The highest BCUT2D eigenvalue weighted by Gasteiger charge is 2.21. The highest BCUT2D eigenvalue weighted by molar-refractivity contribution is 7.90. The summed E-state index contributed by atoms with van der Waals surface area (Å²) in [7, 11) is -1.90. The summed E-state index contributed by atoms with van der Waals surface area (Å²) in [5.41, 5.74) is 0. The standard InChI is InChI=1S/C12H19NO5S/c1-4-7-13-9(8-19(3,15)16)10-5-6-11(18-10)12(14)17-2/h5-6,9,13H,4,7-8H2,1-3H3. The minimum Gasteiger partial charge on any atom is -0.463 e. The summed E-state index contributed by atoms with van der Waals surface area (Å²) < 4.78 is 32.7. The van der Waals surface area contributed by atoms with Crippen LogP contribution in [0.4, 0.5) is 0 Å². The fraction of sp³-hybridized carbons (Fsp3) is 0.583. The fourth-order valence-electron chi connectivity index (χ4n) is 1.61. The Morgan fingerprint density at radius 3 is 2.68 bits per heavy atom. The van der Waals surface area contributed by atoms with Gasteiger partial charge < -0.3 is 14.5 Å². The molecule has 0 radical (unpaired) electrons. The average Bonchev–Trinajstić information content (AvgIpc) is 2.81. The van der Waals surface area contributed by atoms with Crippen molar-refractivity contribution < 1.29 is 22.4 Å². The van der Waals surface area contributed by atoms with Crippen molar-refractivity contribution in [3.05, 3.63) is 23.7 Å². The Bertz CT molecular complexity index is 520. The van der Waals surface area contributed by atoms with E-state index in [0.717, 1.165) is 12.7 Å². The van der Waals surface area contributed by atoms with E-state index in [-0.39, 0.29) is 11.5 Å². The molecular weight excluding hydrogens is 270 g/mol. The maximum Gasteiger partial charge on any atom is 0.373 e. The molecule has 6 nitrogen and oxygen atoms in total. The van der Waals surface area contributed by atoms with Gasteiger partial charge in [-0.2, -0.15) is 0 Å². The van der Waals surface area contributed by atoms with Gasteiger partial charge in [-0.05, 0) is 25.1 Å². The summed E-state index contributed by atoms with van der Waals surface area (Å²) in [6, 6.07) is 2.60. The van der Waals surface area contributed by atoms with E-state index >= 15 is 0 Å². The zero-order chi connectivity index (χ0) is 14.5. The van der Waals surface area contributed by atoms with E-state index in [2.05, 4.69) is 10.1 Å². The molecule has 0 amide bonds. The zero-order valence-electron chi connectivity index (χ0n) is 11.3. The topological polar surface area (TPSA) is 85.6 Å². The van der Waals surface area contributed by atoms with Gasteiger partial charge in [0.2, 0.25) is 5.76 Å². The number of furan rings is 1. The fourth-order valence-corrected chi connectivity index (χ4v) is 2.50. The molecule has 1 atom stereocenters. The molecule has 0 aliphatic rings. The van der Waals surface area contributed by atoms with Crippen LogP contribution in [0.1, 0.15) is 35.7 Å². The van der Waals surface area contributed by atoms with Crippen molar-refractivity contribution in [3.8, 4) is 0 Å². The van der Waals surface area contributed by atoms with Crippen molar-refractivity contribution >= 4 is 15.8 Å². The number of hydrogen-bond donors (Lipinski definition) is 1. The summed E-state index contributed by atoms with van der Waals surface area (Å²) in [4.78, 5) is 11.3. The lowest BCUT2D eigenvalue weighted by Crippen LogP contribution is -2.28. The van der Waals surface area contributed by atoms with Crippen LogP contribution in [0.2, 0.25) is 0 Å². The molecular formula is C12H19NO5S. The first-order valence-electron chi connectivity index (χ1n) is 5.96. The lowest BCUT2D eigenvalue weighted by atomic mass is 10.2. The number of esters is 1. The van der Waals surface area contributed by atoms with Crippen LogP contribution in [0.25, 0.3) is 0 Å².